The molecule has 0 bridgehead atoms. The van der Waals surface area contributed by atoms with E-state index in [9.17, 15) is 4.79 Å². The lowest BCUT2D eigenvalue weighted by molar-refractivity contribution is -0.116. The second-order valence-electron chi connectivity index (χ2n) is 8.02. The first-order chi connectivity index (χ1) is 15.6. The van der Waals surface area contributed by atoms with Gasteiger partial charge in [-0.1, -0.05) is 65.7 Å². The van der Waals surface area contributed by atoms with Crippen molar-refractivity contribution in [3.05, 3.63) is 100 Å². The lowest BCUT2D eigenvalue weighted by Gasteiger charge is -2.23. The number of nitrogens with one attached hydrogen (secondary N) is 2. The van der Waals surface area contributed by atoms with Gasteiger partial charge in [0.15, 0.2) is 5.82 Å². The second kappa shape index (κ2) is 8.52. The summed E-state index contributed by atoms with van der Waals surface area (Å²) in [4.78, 5) is 12.3. The maximum absolute atomic E-state index is 12.3. The lowest BCUT2D eigenvalue weighted by atomic mass is 9.84. The van der Waals surface area contributed by atoms with Crippen molar-refractivity contribution in [2.75, 3.05) is 5.32 Å². The van der Waals surface area contributed by atoms with Crippen molar-refractivity contribution in [2.45, 2.75) is 25.9 Å². The van der Waals surface area contributed by atoms with Crippen LogP contribution in [0.1, 0.15) is 34.6 Å². The Kier molecular flexibility index (Phi) is 5.41. The van der Waals surface area contributed by atoms with Gasteiger partial charge in [-0.25, -0.2) is 0 Å². The Labute approximate surface area is 191 Å². The maximum atomic E-state index is 12.3. The van der Waals surface area contributed by atoms with Crippen molar-refractivity contribution >= 4 is 23.3 Å². The number of ether oxygens (including phenoxy) is 1. The zero-order chi connectivity index (χ0) is 22.1. The average molecular weight is 444 g/mol. The molecular formula is C26H22ClN3O2. The smallest absolute Gasteiger partial charge is 0.226 e. The molecule has 0 saturated heterocycles. The highest BCUT2D eigenvalue weighted by Crippen LogP contribution is 2.42. The molecule has 0 radical (unpaired) electrons. The number of aromatic nitrogens is 2. The molecule has 3 aromatic carbocycles. The molecule has 0 aliphatic carbocycles. The summed E-state index contributed by atoms with van der Waals surface area (Å²) in [7, 11) is 0. The predicted octanol–water partition coefficient (Wildman–Crippen LogP) is 6.09. The van der Waals surface area contributed by atoms with Gasteiger partial charge in [0.25, 0.3) is 0 Å². The van der Waals surface area contributed by atoms with Crippen LogP contribution in [0, 0.1) is 6.92 Å². The number of carbonyl (C=O) groups excluding carboxylic acids is 1. The Bertz CT molecular complexity index is 1250. The standard InChI is InChI=1S/C26H22ClN3O2/c1-16-2-4-17(5-3-16)15-32-21-12-8-18(9-13-21)22-14-23(31)28-26-24(22)25(29-30-26)19-6-10-20(27)11-7-19/h2-13,22H,14-15H2,1H3,(H2,28,29,30,31). The van der Waals surface area contributed by atoms with Crippen LogP contribution in [0.4, 0.5) is 5.82 Å². The third-order valence-electron chi connectivity index (χ3n) is 5.74. The van der Waals surface area contributed by atoms with Crippen LogP contribution in [0.3, 0.4) is 0 Å². The van der Waals surface area contributed by atoms with Crippen LogP contribution in [0.15, 0.2) is 72.8 Å². The topological polar surface area (TPSA) is 67.0 Å². The summed E-state index contributed by atoms with van der Waals surface area (Å²) in [5.74, 6) is 1.22. The summed E-state index contributed by atoms with van der Waals surface area (Å²) in [6.07, 6.45) is 0.358. The summed E-state index contributed by atoms with van der Waals surface area (Å²) in [6.45, 7) is 2.58. The molecule has 4 aromatic rings. The molecule has 0 saturated carbocycles. The third-order valence-corrected chi connectivity index (χ3v) is 5.99. The first-order valence-electron chi connectivity index (χ1n) is 10.5. The van der Waals surface area contributed by atoms with Crippen LogP contribution >= 0.6 is 11.6 Å². The SMILES string of the molecule is Cc1ccc(COc2ccc(C3CC(=O)Nc4n[nH]c(-c5ccc(Cl)cc5)c43)cc2)cc1. The number of amides is 1. The number of fused-ring (bicyclic) bond motifs is 1. The summed E-state index contributed by atoms with van der Waals surface area (Å²) in [6, 6.07) is 23.9. The van der Waals surface area contributed by atoms with Crippen molar-refractivity contribution in [2.24, 2.45) is 0 Å². The van der Waals surface area contributed by atoms with E-state index in [1.54, 1.807) is 0 Å². The zero-order valence-corrected chi connectivity index (χ0v) is 18.3. The molecule has 1 amide bonds. The van der Waals surface area contributed by atoms with Crippen molar-refractivity contribution in [1.82, 2.24) is 10.2 Å². The largest absolute Gasteiger partial charge is 0.489 e. The number of benzene rings is 3. The molecule has 2 heterocycles. The van der Waals surface area contributed by atoms with Crippen molar-refractivity contribution in [3.63, 3.8) is 0 Å². The van der Waals surface area contributed by atoms with Crippen LogP contribution in [-0.2, 0) is 11.4 Å². The van der Waals surface area contributed by atoms with E-state index in [-0.39, 0.29) is 11.8 Å². The summed E-state index contributed by atoms with van der Waals surface area (Å²) in [5.41, 5.74) is 6.25. The minimum absolute atomic E-state index is 0.0450. The fraction of sp³-hybridized carbons (Fsp3) is 0.154. The molecule has 2 N–H and O–H groups in total. The fourth-order valence-electron chi connectivity index (χ4n) is 4.02. The van der Waals surface area contributed by atoms with E-state index in [2.05, 4.69) is 46.7 Å². The summed E-state index contributed by atoms with van der Waals surface area (Å²) in [5, 5.41) is 11.0. The number of hydrogen-bond donors (Lipinski definition) is 2. The number of rotatable bonds is 5. The van der Waals surface area contributed by atoms with E-state index in [0.29, 0.717) is 23.9 Å². The molecule has 5 rings (SSSR count). The van der Waals surface area contributed by atoms with Gasteiger partial charge in [0.2, 0.25) is 5.91 Å². The number of anilines is 1. The molecule has 1 aliphatic rings. The number of carbonyl (C=O) groups is 1. The lowest BCUT2D eigenvalue weighted by Crippen LogP contribution is -2.23. The first kappa shape index (κ1) is 20.3. The number of aryl methyl sites for hydroxylation is 1. The molecule has 1 atom stereocenters. The van der Waals surface area contributed by atoms with Gasteiger partial charge in [-0.2, -0.15) is 5.10 Å². The van der Waals surface area contributed by atoms with Gasteiger partial charge in [-0.15, -0.1) is 0 Å². The summed E-state index contributed by atoms with van der Waals surface area (Å²) >= 11 is 6.05. The van der Waals surface area contributed by atoms with Crippen molar-refractivity contribution in [3.8, 4) is 17.0 Å². The van der Waals surface area contributed by atoms with E-state index in [4.69, 9.17) is 16.3 Å². The van der Waals surface area contributed by atoms with E-state index in [1.807, 2.05) is 48.5 Å². The number of H-pyrrole nitrogens is 1. The maximum Gasteiger partial charge on any atom is 0.226 e. The van der Waals surface area contributed by atoms with Crippen LogP contribution in [0.2, 0.25) is 5.02 Å². The number of aromatic amines is 1. The van der Waals surface area contributed by atoms with E-state index in [1.165, 1.54) is 5.56 Å². The van der Waals surface area contributed by atoms with E-state index >= 15 is 0 Å². The van der Waals surface area contributed by atoms with Gasteiger partial charge >= 0.3 is 0 Å². The van der Waals surface area contributed by atoms with Gasteiger partial charge < -0.3 is 10.1 Å². The summed E-state index contributed by atoms with van der Waals surface area (Å²) < 4.78 is 5.94. The number of nitrogens with zero attached hydrogens (tertiary/aromatic N) is 1. The molecular weight excluding hydrogens is 422 g/mol. The fourth-order valence-corrected chi connectivity index (χ4v) is 4.15. The van der Waals surface area contributed by atoms with Crippen LogP contribution < -0.4 is 10.1 Å². The van der Waals surface area contributed by atoms with Gasteiger partial charge in [0.1, 0.15) is 12.4 Å². The van der Waals surface area contributed by atoms with Gasteiger partial charge in [0.05, 0.1) is 5.69 Å². The highest BCUT2D eigenvalue weighted by atomic mass is 35.5. The van der Waals surface area contributed by atoms with Gasteiger partial charge in [0, 0.05) is 28.5 Å². The molecule has 5 nitrogen and oxygen atoms in total. The Morgan fingerprint density at radius 3 is 2.44 bits per heavy atom. The van der Waals surface area contributed by atoms with E-state index in [0.717, 1.165) is 33.7 Å². The molecule has 6 heteroatoms. The van der Waals surface area contributed by atoms with Gasteiger partial charge in [-0.05, 0) is 42.3 Å². The predicted molar refractivity (Wildman–Crippen MR) is 126 cm³/mol. The zero-order valence-electron chi connectivity index (χ0n) is 17.6. The molecule has 160 valence electrons. The minimum Gasteiger partial charge on any atom is -0.489 e. The minimum atomic E-state index is -0.102. The van der Waals surface area contributed by atoms with E-state index < -0.39 is 0 Å². The van der Waals surface area contributed by atoms with Crippen LogP contribution in [-0.4, -0.2) is 16.1 Å². The van der Waals surface area contributed by atoms with Crippen LogP contribution in [0.5, 0.6) is 5.75 Å². The van der Waals surface area contributed by atoms with Crippen LogP contribution in [0.25, 0.3) is 11.3 Å². The molecule has 0 spiro atoms. The Hall–Kier alpha value is -3.57. The number of halogens is 1. The molecule has 1 unspecified atom stereocenters. The average Bonchev–Trinajstić information content (AvgIpc) is 3.23. The highest BCUT2D eigenvalue weighted by molar-refractivity contribution is 6.30. The molecule has 0 fully saturated rings. The monoisotopic (exact) mass is 443 g/mol. The Morgan fingerprint density at radius 2 is 1.72 bits per heavy atom. The quantitative estimate of drug-likeness (QED) is 0.392. The van der Waals surface area contributed by atoms with Crippen molar-refractivity contribution in [1.29, 1.82) is 0 Å². The Morgan fingerprint density at radius 1 is 1.00 bits per heavy atom. The first-order valence-corrected chi connectivity index (χ1v) is 10.9. The van der Waals surface area contributed by atoms with Crippen molar-refractivity contribution < 1.29 is 9.53 Å². The van der Waals surface area contributed by atoms with Gasteiger partial charge in [-0.3, -0.25) is 9.89 Å². The normalized spacial score (nSPS) is 15.2. The highest BCUT2D eigenvalue weighted by Gasteiger charge is 2.32. The molecule has 1 aliphatic heterocycles. The molecule has 32 heavy (non-hydrogen) atoms. The molecule has 1 aromatic heterocycles. The second-order valence-corrected chi connectivity index (χ2v) is 8.45. The Balaban J connectivity index is 1.40. The third kappa shape index (κ3) is 4.12. The number of hydrogen-bond acceptors (Lipinski definition) is 3.